The number of nitrogens with two attached hydrogens (primary N) is 1. The highest BCUT2D eigenvalue weighted by Crippen LogP contribution is 2.28. The first-order chi connectivity index (χ1) is 9.01. The molecule has 104 valence electrons. The van der Waals surface area contributed by atoms with Crippen molar-refractivity contribution >= 4 is 23.4 Å². The van der Waals surface area contributed by atoms with Crippen LogP contribution in [0.1, 0.15) is 35.2 Å². The first-order valence-corrected chi connectivity index (χ1v) is 7.69. The van der Waals surface area contributed by atoms with Crippen molar-refractivity contribution in [3.8, 4) is 0 Å². The van der Waals surface area contributed by atoms with Crippen LogP contribution in [0.3, 0.4) is 0 Å². The van der Waals surface area contributed by atoms with Crippen molar-refractivity contribution in [1.29, 1.82) is 0 Å². The molecule has 1 saturated carbocycles. The first kappa shape index (κ1) is 14.2. The van der Waals surface area contributed by atoms with Gasteiger partial charge in [0.15, 0.2) is 0 Å². The minimum Gasteiger partial charge on any atom is -0.398 e. The normalized spacial score (nSPS) is 22.5. The van der Waals surface area contributed by atoms with Crippen molar-refractivity contribution in [2.75, 3.05) is 12.0 Å². The van der Waals surface area contributed by atoms with E-state index in [0.717, 1.165) is 19.3 Å². The number of halogens is 1. The number of amides is 1. The summed E-state index contributed by atoms with van der Waals surface area (Å²) in [6, 6.07) is 2.98. The fourth-order valence-electron chi connectivity index (χ4n) is 2.39. The predicted octanol–water partition coefficient (Wildman–Crippen LogP) is 2.73. The highest BCUT2D eigenvalue weighted by molar-refractivity contribution is 7.99. The summed E-state index contributed by atoms with van der Waals surface area (Å²) >= 11 is 1.83. The van der Waals surface area contributed by atoms with E-state index in [-0.39, 0.29) is 11.9 Å². The van der Waals surface area contributed by atoms with E-state index in [9.17, 15) is 9.18 Å². The summed E-state index contributed by atoms with van der Waals surface area (Å²) in [5, 5.41) is 3.57. The van der Waals surface area contributed by atoms with Gasteiger partial charge in [-0.3, -0.25) is 4.79 Å². The van der Waals surface area contributed by atoms with E-state index in [2.05, 4.69) is 11.6 Å². The maximum Gasteiger partial charge on any atom is 0.251 e. The molecule has 0 bridgehead atoms. The van der Waals surface area contributed by atoms with Crippen molar-refractivity contribution in [2.45, 2.75) is 37.5 Å². The zero-order chi connectivity index (χ0) is 14.0. The second-order valence-electron chi connectivity index (χ2n) is 5.01. The molecule has 3 N–H and O–H groups in total. The van der Waals surface area contributed by atoms with Gasteiger partial charge in [-0.25, -0.2) is 4.39 Å². The van der Waals surface area contributed by atoms with Crippen LogP contribution in [0.25, 0.3) is 0 Å². The number of anilines is 1. The third kappa shape index (κ3) is 3.21. The standard InChI is InChI=1S/C14H19FN2OS/c1-8-12(15)5-9(6-13(8)16)14(18)17-10-3-4-11(7-10)19-2/h5-6,10-11H,3-4,7,16H2,1-2H3,(H,17,18). The molecule has 2 unspecified atom stereocenters. The molecule has 0 heterocycles. The predicted molar refractivity (Wildman–Crippen MR) is 78.0 cm³/mol. The van der Waals surface area contributed by atoms with Gasteiger partial charge in [0.2, 0.25) is 0 Å². The van der Waals surface area contributed by atoms with Crippen LogP contribution in [0.4, 0.5) is 10.1 Å². The van der Waals surface area contributed by atoms with Crippen LogP contribution >= 0.6 is 11.8 Å². The molecule has 1 aromatic carbocycles. The van der Waals surface area contributed by atoms with Gasteiger partial charge in [0.1, 0.15) is 5.82 Å². The Bertz CT molecular complexity index is 469. The molecule has 0 aromatic heterocycles. The van der Waals surface area contributed by atoms with E-state index in [1.54, 1.807) is 6.92 Å². The van der Waals surface area contributed by atoms with Crippen LogP contribution in [-0.2, 0) is 0 Å². The number of benzene rings is 1. The number of carbonyl (C=O) groups excluding carboxylic acids is 1. The Morgan fingerprint density at radius 3 is 2.79 bits per heavy atom. The maximum absolute atomic E-state index is 13.6. The van der Waals surface area contributed by atoms with Crippen LogP contribution in [0.5, 0.6) is 0 Å². The molecule has 0 saturated heterocycles. The van der Waals surface area contributed by atoms with Crippen LogP contribution in [0.2, 0.25) is 0 Å². The minimum atomic E-state index is -0.432. The maximum atomic E-state index is 13.6. The number of hydrogen-bond acceptors (Lipinski definition) is 3. The lowest BCUT2D eigenvalue weighted by atomic mass is 10.1. The van der Waals surface area contributed by atoms with Gasteiger partial charge in [0, 0.05) is 28.1 Å². The Hall–Kier alpha value is -1.23. The van der Waals surface area contributed by atoms with Crippen LogP contribution < -0.4 is 11.1 Å². The zero-order valence-electron chi connectivity index (χ0n) is 11.2. The summed E-state index contributed by atoms with van der Waals surface area (Å²) in [6.45, 7) is 1.60. The van der Waals surface area contributed by atoms with Crippen LogP contribution in [-0.4, -0.2) is 23.5 Å². The Kier molecular flexibility index (Phi) is 4.34. The molecule has 1 aliphatic rings. The molecule has 19 heavy (non-hydrogen) atoms. The Morgan fingerprint density at radius 1 is 1.47 bits per heavy atom. The van der Waals surface area contributed by atoms with E-state index >= 15 is 0 Å². The molecule has 5 heteroatoms. The van der Waals surface area contributed by atoms with Gasteiger partial charge in [-0.2, -0.15) is 11.8 Å². The molecule has 0 radical (unpaired) electrons. The zero-order valence-corrected chi connectivity index (χ0v) is 12.0. The van der Waals surface area contributed by atoms with E-state index in [0.29, 0.717) is 22.1 Å². The lowest BCUT2D eigenvalue weighted by Crippen LogP contribution is -2.33. The summed E-state index contributed by atoms with van der Waals surface area (Å²) in [6.07, 6.45) is 5.18. The van der Waals surface area contributed by atoms with Crippen LogP contribution in [0.15, 0.2) is 12.1 Å². The van der Waals surface area contributed by atoms with Crippen molar-refractivity contribution in [2.24, 2.45) is 0 Å². The van der Waals surface area contributed by atoms with E-state index < -0.39 is 5.82 Å². The van der Waals surface area contributed by atoms with Gasteiger partial charge < -0.3 is 11.1 Å². The molecular weight excluding hydrogens is 263 g/mol. The average Bonchev–Trinajstić information content (AvgIpc) is 2.83. The highest BCUT2D eigenvalue weighted by Gasteiger charge is 2.25. The molecular formula is C14H19FN2OS. The van der Waals surface area contributed by atoms with Crippen molar-refractivity contribution < 1.29 is 9.18 Å². The Balaban J connectivity index is 2.04. The van der Waals surface area contributed by atoms with E-state index in [1.165, 1.54) is 12.1 Å². The van der Waals surface area contributed by atoms with Gasteiger partial charge >= 0.3 is 0 Å². The molecule has 1 amide bonds. The van der Waals surface area contributed by atoms with Gasteiger partial charge in [-0.15, -0.1) is 0 Å². The average molecular weight is 282 g/mol. The number of thioether (sulfide) groups is 1. The first-order valence-electron chi connectivity index (χ1n) is 6.40. The van der Waals surface area contributed by atoms with Crippen LogP contribution in [0, 0.1) is 12.7 Å². The molecule has 3 nitrogen and oxygen atoms in total. The third-order valence-electron chi connectivity index (χ3n) is 3.70. The van der Waals surface area contributed by atoms with E-state index in [4.69, 9.17) is 5.73 Å². The quantitative estimate of drug-likeness (QED) is 0.838. The van der Waals surface area contributed by atoms with Crippen molar-refractivity contribution in [3.63, 3.8) is 0 Å². The highest BCUT2D eigenvalue weighted by atomic mass is 32.2. The van der Waals surface area contributed by atoms with E-state index in [1.807, 2.05) is 11.8 Å². The Morgan fingerprint density at radius 2 is 2.21 bits per heavy atom. The summed E-state index contributed by atoms with van der Waals surface area (Å²) in [5.74, 6) is -0.670. The summed E-state index contributed by atoms with van der Waals surface area (Å²) < 4.78 is 13.6. The number of carbonyl (C=O) groups is 1. The molecule has 2 rings (SSSR count). The molecule has 2 atom stereocenters. The number of hydrogen-bond donors (Lipinski definition) is 2. The molecule has 1 aromatic rings. The largest absolute Gasteiger partial charge is 0.398 e. The number of nitrogens with one attached hydrogen (secondary N) is 1. The summed E-state index contributed by atoms with van der Waals surface area (Å²) in [7, 11) is 0. The molecule has 0 aliphatic heterocycles. The van der Waals surface area contributed by atoms with Gasteiger partial charge in [0.05, 0.1) is 0 Å². The van der Waals surface area contributed by atoms with Crippen molar-refractivity contribution in [3.05, 3.63) is 29.1 Å². The fourth-order valence-corrected chi connectivity index (χ4v) is 3.18. The number of nitrogen functional groups attached to an aromatic ring is 1. The lowest BCUT2D eigenvalue weighted by Gasteiger charge is -2.13. The minimum absolute atomic E-state index is 0.190. The smallest absolute Gasteiger partial charge is 0.251 e. The monoisotopic (exact) mass is 282 g/mol. The summed E-state index contributed by atoms with van der Waals surface area (Å²) in [4.78, 5) is 12.1. The number of rotatable bonds is 3. The molecule has 1 aliphatic carbocycles. The SMILES string of the molecule is CSC1CCC(NC(=O)c2cc(N)c(C)c(F)c2)C1. The van der Waals surface area contributed by atoms with Gasteiger partial charge in [-0.1, -0.05) is 0 Å². The van der Waals surface area contributed by atoms with Gasteiger partial charge in [0.25, 0.3) is 5.91 Å². The fraction of sp³-hybridized carbons (Fsp3) is 0.500. The van der Waals surface area contributed by atoms with Crippen molar-refractivity contribution in [1.82, 2.24) is 5.32 Å². The molecule has 1 fully saturated rings. The van der Waals surface area contributed by atoms with Gasteiger partial charge in [-0.05, 0) is 44.6 Å². The topological polar surface area (TPSA) is 55.1 Å². The second kappa shape index (κ2) is 5.82. The summed E-state index contributed by atoms with van der Waals surface area (Å²) in [5.41, 5.74) is 6.69. The lowest BCUT2D eigenvalue weighted by molar-refractivity contribution is 0.0937. The molecule has 0 spiro atoms. The third-order valence-corrected chi connectivity index (χ3v) is 4.79. The second-order valence-corrected chi connectivity index (χ2v) is 6.15. The Labute approximate surface area is 117 Å².